The van der Waals surface area contributed by atoms with Gasteiger partial charge in [0.15, 0.2) is 0 Å². The van der Waals surface area contributed by atoms with E-state index in [0.717, 1.165) is 18.0 Å². The molecule has 2 unspecified atom stereocenters. The van der Waals surface area contributed by atoms with Crippen LogP contribution in [-0.4, -0.2) is 23.5 Å². The molecule has 4 heteroatoms. The third-order valence-electron chi connectivity index (χ3n) is 3.01. The molecule has 2 heterocycles. The molecular formula is C10H10Cl2N2. The Bertz CT molecular complexity index is 370. The van der Waals surface area contributed by atoms with Gasteiger partial charge in [0, 0.05) is 17.8 Å². The first-order chi connectivity index (χ1) is 6.81. The SMILES string of the molecule is ClNCCC1=CN2C3C=C(Cl)C=C1C32. The molecule has 2 aliphatic heterocycles. The molecule has 0 radical (unpaired) electrons. The Morgan fingerprint density at radius 3 is 3.14 bits per heavy atom. The van der Waals surface area contributed by atoms with Gasteiger partial charge in [0.25, 0.3) is 0 Å². The van der Waals surface area contributed by atoms with Gasteiger partial charge in [0.05, 0.1) is 12.1 Å². The fourth-order valence-electron chi connectivity index (χ4n) is 2.33. The molecule has 0 spiro atoms. The number of hydrogen-bond acceptors (Lipinski definition) is 2. The summed E-state index contributed by atoms with van der Waals surface area (Å²) in [5.74, 6) is 0. The molecule has 1 fully saturated rings. The van der Waals surface area contributed by atoms with Gasteiger partial charge in [-0.3, -0.25) is 0 Å². The van der Waals surface area contributed by atoms with Gasteiger partial charge in [-0.15, -0.1) is 0 Å². The van der Waals surface area contributed by atoms with Gasteiger partial charge < -0.3 is 4.90 Å². The van der Waals surface area contributed by atoms with Crippen molar-refractivity contribution in [3.63, 3.8) is 0 Å². The summed E-state index contributed by atoms with van der Waals surface area (Å²) in [6.07, 6.45) is 7.40. The largest absolute Gasteiger partial charge is 0.359 e. The van der Waals surface area contributed by atoms with Gasteiger partial charge in [-0.1, -0.05) is 11.6 Å². The van der Waals surface area contributed by atoms with E-state index >= 15 is 0 Å². The Hall–Kier alpha value is -0.440. The highest BCUT2D eigenvalue weighted by molar-refractivity contribution is 6.31. The molecule has 0 aromatic rings. The van der Waals surface area contributed by atoms with E-state index in [1.807, 2.05) is 0 Å². The van der Waals surface area contributed by atoms with Crippen molar-refractivity contribution in [3.05, 3.63) is 34.5 Å². The topological polar surface area (TPSA) is 15.0 Å². The normalized spacial score (nSPS) is 32.1. The maximum Gasteiger partial charge on any atom is 0.0788 e. The van der Waals surface area contributed by atoms with Gasteiger partial charge in [0.1, 0.15) is 0 Å². The van der Waals surface area contributed by atoms with Crippen molar-refractivity contribution in [2.45, 2.75) is 18.5 Å². The Balaban J connectivity index is 1.84. The van der Waals surface area contributed by atoms with Crippen LogP contribution >= 0.6 is 23.4 Å². The third kappa shape index (κ3) is 1.14. The summed E-state index contributed by atoms with van der Waals surface area (Å²) >= 11 is 11.5. The van der Waals surface area contributed by atoms with Gasteiger partial charge in [-0.05, 0) is 41.5 Å². The molecule has 0 bridgehead atoms. The zero-order valence-electron chi connectivity index (χ0n) is 7.50. The monoisotopic (exact) mass is 228 g/mol. The average Bonchev–Trinajstić information content (AvgIpc) is 2.69. The van der Waals surface area contributed by atoms with Crippen molar-refractivity contribution < 1.29 is 0 Å². The third-order valence-corrected chi connectivity index (χ3v) is 3.43. The fourth-order valence-corrected chi connectivity index (χ4v) is 2.67. The first kappa shape index (κ1) is 8.84. The summed E-state index contributed by atoms with van der Waals surface area (Å²) in [4.78, 5) is 4.99. The number of nitrogens with zero attached hydrogens (tertiary/aromatic N) is 1. The Labute approximate surface area is 93.0 Å². The maximum absolute atomic E-state index is 6.02. The van der Waals surface area contributed by atoms with E-state index < -0.39 is 0 Å². The van der Waals surface area contributed by atoms with Crippen LogP contribution < -0.4 is 4.84 Å². The van der Waals surface area contributed by atoms with E-state index in [9.17, 15) is 0 Å². The molecule has 74 valence electrons. The number of halogens is 2. The minimum absolute atomic E-state index is 0.537. The summed E-state index contributed by atoms with van der Waals surface area (Å²) < 4.78 is 0. The zero-order valence-corrected chi connectivity index (χ0v) is 9.02. The van der Waals surface area contributed by atoms with Crippen LogP contribution in [0.2, 0.25) is 0 Å². The quantitative estimate of drug-likeness (QED) is 0.589. The molecule has 3 aliphatic rings. The smallest absolute Gasteiger partial charge is 0.0788 e. The van der Waals surface area contributed by atoms with Crippen molar-refractivity contribution >= 4 is 23.4 Å². The van der Waals surface area contributed by atoms with Crippen LogP contribution in [-0.2, 0) is 0 Å². The van der Waals surface area contributed by atoms with Crippen LogP contribution in [0.15, 0.2) is 34.5 Å². The van der Waals surface area contributed by atoms with Gasteiger partial charge in [-0.25, -0.2) is 4.84 Å². The lowest BCUT2D eigenvalue weighted by Gasteiger charge is -2.10. The highest BCUT2D eigenvalue weighted by Crippen LogP contribution is 2.49. The summed E-state index contributed by atoms with van der Waals surface area (Å²) in [6.45, 7) is 0.803. The molecule has 0 aromatic heterocycles. The van der Waals surface area contributed by atoms with Crippen LogP contribution in [0.5, 0.6) is 0 Å². The van der Waals surface area contributed by atoms with E-state index in [0.29, 0.717) is 12.1 Å². The summed E-state index contributed by atoms with van der Waals surface area (Å²) in [6, 6.07) is 1.12. The molecule has 2 atom stereocenters. The fraction of sp³-hybridized carbons (Fsp3) is 0.400. The molecular weight excluding hydrogens is 219 g/mol. The molecule has 0 amide bonds. The summed E-state index contributed by atoms with van der Waals surface area (Å²) in [5.41, 5.74) is 2.75. The number of hydrogen-bond donors (Lipinski definition) is 1. The van der Waals surface area contributed by atoms with Crippen LogP contribution in [0.4, 0.5) is 0 Å². The standard InChI is InChI=1S/C10H10Cl2N2/c11-7-3-8-6(1-2-13-12)5-14-9(4-7)10(8)14/h3-5,9-10,13H,1-2H2. The molecule has 1 N–H and O–H groups in total. The average molecular weight is 229 g/mol. The van der Waals surface area contributed by atoms with Crippen LogP contribution in [0, 0.1) is 0 Å². The maximum atomic E-state index is 6.02. The Morgan fingerprint density at radius 1 is 1.50 bits per heavy atom. The molecule has 3 rings (SSSR count). The Morgan fingerprint density at radius 2 is 2.36 bits per heavy atom. The second kappa shape index (κ2) is 3.02. The first-order valence-corrected chi connectivity index (χ1v) is 5.48. The van der Waals surface area contributed by atoms with Crippen molar-refractivity contribution in [3.8, 4) is 0 Å². The van der Waals surface area contributed by atoms with Crippen molar-refractivity contribution in [2.75, 3.05) is 6.54 Å². The van der Waals surface area contributed by atoms with Gasteiger partial charge >= 0.3 is 0 Å². The zero-order chi connectivity index (χ0) is 9.71. The first-order valence-electron chi connectivity index (χ1n) is 4.72. The van der Waals surface area contributed by atoms with E-state index in [1.54, 1.807) is 0 Å². The molecule has 0 saturated carbocycles. The number of rotatable bonds is 3. The highest BCUT2D eigenvalue weighted by Gasteiger charge is 2.52. The molecule has 14 heavy (non-hydrogen) atoms. The van der Waals surface area contributed by atoms with Gasteiger partial charge in [-0.2, -0.15) is 0 Å². The van der Waals surface area contributed by atoms with Gasteiger partial charge in [0.2, 0.25) is 0 Å². The van der Waals surface area contributed by atoms with Crippen LogP contribution in [0.1, 0.15) is 6.42 Å². The minimum atomic E-state index is 0.537. The molecule has 1 aliphatic carbocycles. The van der Waals surface area contributed by atoms with E-state index in [4.69, 9.17) is 23.4 Å². The van der Waals surface area contributed by atoms with E-state index in [-0.39, 0.29) is 0 Å². The van der Waals surface area contributed by atoms with Crippen molar-refractivity contribution in [1.29, 1.82) is 0 Å². The van der Waals surface area contributed by atoms with Crippen molar-refractivity contribution in [2.24, 2.45) is 0 Å². The second-order valence-corrected chi connectivity index (χ2v) is 4.53. The lowest BCUT2D eigenvalue weighted by atomic mass is 9.96. The second-order valence-electron chi connectivity index (χ2n) is 3.82. The predicted molar refractivity (Wildman–Crippen MR) is 58.0 cm³/mol. The van der Waals surface area contributed by atoms with Crippen LogP contribution in [0.3, 0.4) is 0 Å². The van der Waals surface area contributed by atoms with E-state index in [1.165, 1.54) is 11.1 Å². The minimum Gasteiger partial charge on any atom is -0.359 e. The predicted octanol–water partition coefficient (Wildman–Crippen LogP) is 2.13. The highest BCUT2D eigenvalue weighted by atomic mass is 35.5. The summed E-state index contributed by atoms with van der Waals surface area (Å²) in [7, 11) is 0. The number of nitrogens with one attached hydrogen (secondary N) is 1. The van der Waals surface area contributed by atoms with Crippen molar-refractivity contribution in [1.82, 2.24) is 9.74 Å². The lowest BCUT2D eigenvalue weighted by molar-refractivity contribution is 0.714. The van der Waals surface area contributed by atoms with E-state index in [2.05, 4.69) is 28.1 Å². The number of fused-ring (bicyclic) bond motifs is 1. The summed E-state index contributed by atoms with van der Waals surface area (Å²) in [5, 5.41) is 0.869. The number of allylic oxidation sites excluding steroid dienone is 2. The molecule has 0 aromatic carbocycles. The molecule has 1 saturated heterocycles. The Kier molecular flexibility index (Phi) is 1.91. The lowest BCUT2D eigenvalue weighted by Crippen LogP contribution is -2.08. The molecule has 2 nitrogen and oxygen atoms in total. The van der Waals surface area contributed by atoms with Crippen LogP contribution in [0.25, 0.3) is 0 Å².